The van der Waals surface area contributed by atoms with Crippen LogP contribution in [0.3, 0.4) is 0 Å². The fourth-order valence-electron chi connectivity index (χ4n) is 2.18. The van der Waals surface area contributed by atoms with E-state index < -0.39 is 0 Å². The molecular formula is C15H16N4. The second-order valence-corrected chi connectivity index (χ2v) is 4.76. The van der Waals surface area contributed by atoms with Gasteiger partial charge in [-0.05, 0) is 38.0 Å². The molecule has 0 atom stereocenters. The third-order valence-electron chi connectivity index (χ3n) is 3.15. The Hall–Kier alpha value is -2.23. The van der Waals surface area contributed by atoms with E-state index in [1.165, 1.54) is 5.56 Å². The topological polar surface area (TPSA) is 43.1 Å². The molecule has 4 nitrogen and oxygen atoms in total. The van der Waals surface area contributed by atoms with E-state index >= 15 is 0 Å². The second kappa shape index (κ2) is 4.46. The molecule has 0 saturated heterocycles. The maximum atomic E-state index is 4.60. The minimum Gasteiger partial charge on any atom is -0.297 e. The third-order valence-corrected chi connectivity index (χ3v) is 3.15. The lowest BCUT2D eigenvalue weighted by Gasteiger charge is -2.05. The standard InChI is InChI=1S/C15H16N4/c1-4-12-7-11(3)17-15(18-12)13-8-16-14-6-5-10(2)9-19(13)14/h5-9H,4H2,1-3H3. The molecule has 0 bridgehead atoms. The summed E-state index contributed by atoms with van der Waals surface area (Å²) in [4.78, 5) is 13.5. The molecule has 0 aliphatic carbocycles. The van der Waals surface area contributed by atoms with E-state index in [-0.39, 0.29) is 0 Å². The van der Waals surface area contributed by atoms with Gasteiger partial charge in [-0.25, -0.2) is 15.0 Å². The molecule has 3 rings (SSSR count). The van der Waals surface area contributed by atoms with Crippen molar-refractivity contribution >= 4 is 5.65 Å². The van der Waals surface area contributed by atoms with Gasteiger partial charge in [-0.3, -0.25) is 4.40 Å². The van der Waals surface area contributed by atoms with Crippen molar-refractivity contribution < 1.29 is 0 Å². The summed E-state index contributed by atoms with van der Waals surface area (Å²) >= 11 is 0. The molecule has 0 unspecified atom stereocenters. The average Bonchev–Trinajstić information content (AvgIpc) is 2.80. The van der Waals surface area contributed by atoms with Crippen LogP contribution in [0.4, 0.5) is 0 Å². The van der Waals surface area contributed by atoms with E-state index in [1.54, 1.807) is 0 Å². The van der Waals surface area contributed by atoms with Crippen LogP contribution in [0.15, 0.2) is 30.6 Å². The van der Waals surface area contributed by atoms with Crippen LogP contribution in [0.5, 0.6) is 0 Å². The Morgan fingerprint density at radius 2 is 2.00 bits per heavy atom. The van der Waals surface area contributed by atoms with Crippen LogP contribution in [-0.2, 0) is 6.42 Å². The maximum Gasteiger partial charge on any atom is 0.178 e. The zero-order valence-corrected chi connectivity index (χ0v) is 11.4. The molecule has 0 amide bonds. The number of aromatic nitrogens is 4. The van der Waals surface area contributed by atoms with Gasteiger partial charge >= 0.3 is 0 Å². The maximum absolute atomic E-state index is 4.60. The normalized spacial score (nSPS) is 11.1. The molecule has 0 aliphatic rings. The highest BCUT2D eigenvalue weighted by molar-refractivity contribution is 5.57. The van der Waals surface area contributed by atoms with Gasteiger partial charge in [-0.2, -0.15) is 0 Å². The smallest absolute Gasteiger partial charge is 0.178 e. The van der Waals surface area contributed by atoms with Gasteiger partial charge in [0.05, 0.1) is 6.20 Å². The van der Waals surface area contributed by atoms with Gasteiger partial charge in [0.25, 0.3) is 0 Å². The molecular weight excluding hydrogens is 236 g/mol. The van der Waals surface area contributed by atoms with Crippen molar-refractivity contribution in [3.63, 3.8) is 0 Å². The van der Waals surface area contributed by atoms with Crippen molar-refractivity contribution in [1.29, 1.82) is 0 Å². The Balaban J connectivity index is 2.24. The lowest BCUT2D eigenvalue weighted by Crippen LogP contribution is -1.99. The van der Waals surface area contributed by atoms with Crippen molar-refractivity contribution in [1.82, 2.24) is 19.4 Å². The van der Waals surface area contributed by atoms with Crippen molar-refractivity contribution in [2.24, 2.45) is 0 Å². The molecule has 3 aromatic rings. The van der Waals surface area contributed by atoms with Crippen LogP contribution in [0.1, 0.15) is 23.9 Å². The van der Waals surface area contributed by atoms with E-state index in [4.69, 9.17) is 0 Å². The number of hydrogen-bond donors (Lipinski definition) is 0. The molecule has 0 spiro atoms. The molecule has 0 radical (unpaired) electrons. The average molecular weight is 252 g/mol. The molecule has 0 saturated carbocycles. The van der Waals surface area contributed by atoms with Crippen molar-refractivity contribution in [3.8, 4) is 11.5 Å². The summed E-state index contributed by atoms with van der Waals surface area (Å²) in [5, 5.41) is 0. The van der Waals surface area contributed by atoms with Crippen molar-refractivity contribution in [3.05, 3.63) is 47.5 Å². The number of fused-ring (bicyclic) bond motifs is 1. The SMILES string of the molecule is CCc1cc(C)nc(-c2cnc3ccc(C)cn23)n1. The summed E-state index contributed by atoms with van der Waals surface area (Å²) < 4.78 is 2.05. The highest BCUT2D eigenvalue weighted by Crippen LogP contribution is 2.18. The minimum atomic E-state index is 0.745. The predicted molar refractivity (Wildman–Crippen MR) is 75.1 cm³/mol. The summed E-state index contributed by atoms with van der Waals surface area (Å²) in [6, 6.07) is 6.09. The van der Waals surface area contributed by atoms with Crippen LogP contribution < -0.4 is 0 Å². The number of pyridine rings is 1. The molecule has 0 aromatic carbocycles. The molecule has 96 valence electrons. The van der Waals surface area contributed by atoms with E-state index in [9.17, 15) is 0 Å². The first-order valence-electron chi connectivity index (χ1n) is 6.46. The first kappa shape index (κ1) is 11.8. The van der Waals surface area contributed by atoms with Gasteiger partial charge in [0, 0.05) is 17.6 Å². The largest absolute Gasteiger partial charge is 0.297 e. The van der Waals surface area contributed by atoms with Gasteiger partial charge in [0.2, 0.25) is 0 Å². The van der Waals surface area contributed by atoms with Crippen LogP contribution in [0.25, 0.3) is 17.2 Å². The van der Waals surface area contributed by atoms with E-state index in [2.05, 4.69) is 41.1 Å². The fourth-order valence-corrected chi connectivity index (χ4v) is 2.18. The number of rotatable bonds is 2. The Bertz CT molecular complexity index is 743. The fraction of sp³-hybridized carbons (Fsp3) is 0.267. The molecule has 0 fully saturated rings. The van der Waals surface area contributed by atoms with E-state index in [1.807, 2.05) is 29.7 Å². The summed E-state index contributed by atoms with van der Waals surface area (Å²) in [5.41, 5.74) is 5.10. The van der Waals surface area contributed by atoms with Crippen molar-refractivity contribution in [2.45, 2.75) is 27.2 Å². The number of imidazole rings is 1. The lowest BCUT2D eigenvalue weighted by molar-refractivity contribution is 0.971. The molecule has 3 heterocycles. The summed E-state index contributed by atoms with van der Waals surface area (Å²) in [6.45, 7) is 6.17. The first-order chi connectivity index (χ1) is 9.17. The minimum absolute atomic E-state index is 0.745. The summed E-state index contributed by atoms with van der Waals surface area (Å²) in [7, 11) is 0. The first-order valence-corrected chi connectivity index (χ1v) is 6.46. The van der Waals surface area contributed by atoms with Gasteiger partial charge in [-0.1, -0.05) is 13.0 Å². The highest BCUT2D eigenvalue weighted by Gasteiger charge is 2.10. The summed E-state index contributed by atoms with van der Waals surface area (Å²) in [5.74, 6) is 0.745. The van der Waals surface area contributed by atoms with Gasteiger partial charge < -0.3 is 0 Å². The van der Waals surface area contributed by atoms with Crippen LogP contribution in [-0.4, -0.2) is 19.4 Å². The Morgan fingerprint density at radius 1 is 1.16 bits per heavy atom. The molecule has 19 heavy (non-hydrogen) atoms. The van der Waals surface area contributed by atoms with Gasteiger partial charge in [0.15, 0.2) is 5.82 Å². The van der Waals surface area contributed by atoms with Crippen molar-refractivity contribution in [2.75, 3.05) is 0 Å². The molecule has 3 aromatic heterocycles. The highest BCUT2D eigenvalue weighted by atomic mass is 15.0. The molecule has 4 heteroatoms. The van der Waals surface area contributed by atoms with E-state index in [0.717, 1.165) is 35.0 Å². The summed E-state index contributed by atoms with van der Waals surface area (Å²) in [6.07, 6.45) is 4.81. The molecule has 0 aliphatic heterocycles. The zero-order chi connectivity index (χ0) is 13.4. The number of nitrogens with zero attached hydrogens (tertiary/aromatic N) is 4. The number of aryl methyl sites for hydroxylation is 3. The monoisotopic (exact) mass is 252 g/mol. The molecule has 0 N–H and O–H groups in total. The Kier molecular flexibility index (Phi) is 2.78. The second-order valence-electron chi connectivity index (χ2n) is 4.76. The van der Waals surface area contributed by atoms with Crippen LogP contribution >= 0.6 is 0 Å². The third kappa shape index (κ3) is 2.10. The Morgan fingerprint density at radius 3 is 2.79 bits per heavy atom. The quantitative estimate of drug-likeness (QED) is 0.704. The number of hydrogen-bond acceptors (Lipinski definition) is 3. The van der Waals surface area contributed by atoms with Crippen LogP contribution in [0.2, 0.25) is 0 Å². The Labute approximate surface area is 112 Å². The lowest BCUT2D eigenvalue weighted by atomic mass is 10.2. The van der Waals surface area contributed by atoms with Crippen LogP contribution in [0, 0.1) is 13.8 Å². The predicted octanol–water partition coefficient (Wildman–Crippen LogP) is 2.97. The van der Waals surface area contributed by atoms with E-state index in [0.29, 0.717) is 0 Å². The van der Waals surface area contributed by atoms with Gasteiger partial charge in [0.1, 0.15) is 11.3 Å². The zero-order valence-electron chi connectivity index (χ0n) is 11.4. The van der Waals surface area contributed by atoms with Gasteiger partial charge in [-0.15, -0.1) is 0 Å².